The number of carbonyl (C=O) groups excluding carboxylic acids is 3. The highest BCUT2D eigenvalue weighted by Crippen LogP contribution is 2.13. The first-order valence-corrected chi connectivity index (χ1v) is 16.4. The number of aliphatic hydroxyl groups excluding tert-OH is 5. The van der Waals surface area contributed by atoms with E-state index in [2.05, 4.69) is 29.5 Å². The average molecular weight is 650 g/mol. The second-order valence-electron chi connectivity index (χ2n) is 10.7. The minimum Gasteiger partial charge on any atom is -0.462 e. The van der Waals surface area contributed by atoms with Crippen molar-refractivity contribution >= 4 is 35.4 Å². The molecule has 0 aliphatic carbocycles. The minimum atomic E-state index is -1.79. The maximum absolute atomic E-state index is 12.6. The van der Waals surface area contributed by atoms with Gasteiger partial charge in [-0.3, -0.25) is 14.4 Å². The highest BCUT2D eigenvalue weighted by molar-refractivity contribution is 7.99. The zero-order valence-corrected chi connectivity index (χ0v) is 26.6. The number of amides is 1. The molecule has 0 aliphatic rings. The third kappa shape index (κ3) is 16.7. The Hall–Kier alpha value is -2.34. The molecule has 16 heteroatoms. The largest absolute Gasteiger partial charge is 0.462 e. The third-order valence-electron chi connectivity index (χ3n) is 6.62. The second-order valence-corrected chi connectivity index (χ2v) is 11.7. The van der Waals surface area contributed by atoms with Gasteiger partial charge in [-0.05, 0) is 12.8 Å². The van der Waals surface area contributed by atoms with Gasteiger partial charge in [-0.15, -0.1) is 5.10 Å². The van der Waals surface area contributed by atoms with Crippen molar-refractivity contribution in [2.24, 2.45) is 5.73 Å². The third-order valence-corrected chi connectivity index (χ3v) is 7.83. The minimum absolute atomic E-state index is 0.0220. The lowest BCUT2D eigenvalue weighted by Gasteiger charge is -2.25. The fourth-order valence-corrected chi connectivity index (χ4v) is 4.91. The van der Waals surface area contributed by atoms with Gasteiger partial charge in [-0.2, -0.15) is 11.8 Å². The van der Waals surface area contributed by atoms with Crippen LogP contribution < -0.4 is 11.1 Å². The van der Waals surface area contributed by atoms with E-state index in [1.54, 1.807) is 0 Å². The Morgan fingerprint density at radius 1 is 0.932 bits per heavy atom. The van der Waals surface area contributed by atoms with Gasteiger partial charge in [0.1, 0.15) is 37.1 Å². The molecule has 0 saturated heterocycles. The van der Waals surface area contributed by atoms with Gasteiger partial charge in [0.2, 0.25) is 5.91 Å². The highest BCUT2D eigenvalue weighted by atomic mass is 32.2. The number of aromatic nitrogens is 3. The van der Waals surface area contributed by atoms with Crippen LogP contribution in [0.25, 0.3) is 0 Å². The van der Waals surface area contributed by atoms with Gasteiger partial charge in [0.15, 0.2) is 5.82 Å². The van der Waals surface area contributed by atoms with Crippen molar-refractivity contribution in [2.75, 3.05) is 30.0 Å². The zero-order valence-electron chi connectivity index (χ0n) is 25.8. The molecule has 6 atom stereocenters. The molecular weight excluding hydrogens is 598 g/mol. The molecule has 44 heavy (non-hydrogen) atoms. The molecule has 0 aliphatic heterocycles. The van der Waals surface area contributed by atoms with Crippen LogP contribution >= 0.6 is 11.8 Å². The van der Waals surface area contributed by atoms with Crippen LogP contribution in [0.15, 0.2) is 6.20 Å². The van der Waals surface area contributed by atoms with Crippen molar-refractivity contribution in [2.45, 2.75) is 121 Å². The Bertz CT molecular complexity index is 956. The van der Waals surface area contributed by atoms with Gasteiger partial charge in [-0.1, -0.05) is 57.6 Å². The maximum Gasteiger partial charge on any atom is 0.306 e. The van der Waals surface area contributed by atoms with Crippen LogP contribution in [0.5, 0.6) is 0 Å². The first-order chi connectivity index (χ1) is 21.0. The van der Waals surface area contributed by atoms with Crippen LogP contribution in [0.1, 0.15) is 78.1 Å². The number of nitrogens with two attached hydrogens (primary N) is 1. The van der Waals surface area contributed by atoms with Gasteiger partial charge < -0.3 is 46.1 Å². The summed E-state index contributed by atoms with van der Waals surface area (Å²) < 4.78 is 12.0. The van der Waals surface area contributed by atoms with E-state index >= 15 is 0 Å². The summed E-state index contributed by atoms with van der Waals surface area (Å²) in [5.41, 5.74) is 6.02. The molecule has 1 amide bonds. The molecule has 254 valence electrons. The Morgan fingerprint density at radius 2 is 1.55 bits per heavy atom. The number of carbonyl (C=O) groups is 3. The van der Waals surface area contributed by atoms with Crippen LogP contribution in [0.2, 0.25) is 0 Å². The average Bonchev–Trinajstić information content (AvgIpc) is 3.44. The van der Waals surface area contributed by atoms with E-state index in [1.807, 2.05) is 0 Å². The Labute approximate surface area is 262 Å². The molecule has 1 aromatic heterocycles. The van der Waals surface area contributed by atoms with Gasteiger partial charge in [0, 0.05) is 24.3 Å². The highest BCUT2D eigenvalue weighted by Gasteiger charge is 2.30. The number of esters is 2. The number of nitrogens with one attached hydrogen (secondary N) is 1. The van der Waals surface area contributed by atoms with E-state index in [0.29, 0.717) is 12.8 Å². The number of rotatable bonds is 25. The molecule has 1 heterocycles. The fourth-order valence-electron chi connectivity index (χ4n) is 3.94. The molecule has 0 unspecified atom stereocenters. The van der Waals surface area contributed by atoms with Crippen LogP contribution in [0, 0.1) is 0 Å². The number of nitrogens with zero attached hydrogens (tertiary/aromatic N) is 3. The van der Waals surface area contributed by atoms with Gasteiger partial charge in [0.25, 0.3) is 0 Å². The second kappa shape index (κ2) is 23.1. The van der Waals surface area contributed by atoms with Gasteiger partial charge in [0.05, 0.1) is 25.4 Å². The smallest absolute Gasteiger partial charge is 0.306 e. The number of thioether (sulfide) groups is 1. The van der Waals surface area contributed by atoms with Crippen LogP contribution in [0.3, 0.4) is 0 Å². The van der Waals surface area contributed by atoms with Crippen molar-refractivity contribution in [3.8, 4) is 0 Å². The van der Waals surface area contributed by atoms with Crippen molar-refractivity contribution in [3.05, 3.63) is 6.20 Å². The van der Waals surface area contributed by atoms with E-state index < -0.39 is 49.1 Å². The molecule has 8 N–H and O–H groups in total. The predicted octanol–water partition coefficient (Wildman–Crippen LogP) is 0.109. The summed E-state index contributed by atoms with van der Waals surface area (Å²) in [7, 11) is 0. The molecule has 1 aromatic rings. The summed E-state index contributed by atoms with van der Waals surface area (Å²) in [6, 6.07) is -0.973. The van der Waals surface area contributed by atoms with Crippen molar-refractivity contribution < 1.29 is 49.4 Å². The van der Waals surface area contributed by atoms with Gasteiger partial charge in [-0.25, -0.2) is 4.68 Å². The number of hydrogen-bond acceptors (Lipinski definition) is 14. The number of hydrogen-bond donors (Lipinski definition) is 7. The summed E-state index contributed by atoms with van der Waals surface area (Å²) in [6.45, 7) is 2.95. The molecule has 0 aromatic carbocycles. The van der Waals surface area contributed by atoms with Crippen LogP contribution in [-0.2, 0) is 30.4 Å². The summed E-state index contributed by atoms with van der Waals surface area (Å²) in [4.78, 5) is 37.1. The molecule has 0 bridgehead atoms. The van der Waals surface area contributed by atoms with Crippen molar-refractivity contribution in [1.29, 1.82) is 0 Å². The summed E-state index contributed by atoms with van der Waals surface area (Å²) >= 11 is 1.26. The van der Waals surface area contributed by atoms with Crippen molar-refractivity contribution in [1.82, 2.24) is 15.0 Å². The first kappa shape index (κ1) is 39.7. The summed E-state index contributed by atoms with van der Waals surface area (Å²) in [5.74, 6) is -0.847. The molecule has 0 saturated carbocycles. The number of aliphatic hydroxyl groups is 5. The quantitative estimate of drug-likeness (QED) is 0.0550. The van der Waals surface area contributed by atoms with Crippen LogP contribution in [-0.4, -0.2) is 120 Å². The topological polar surface area (TPSA) is 240 Å². The first-order valence-electron chi connectivity index (χ1n) is 15.2. The van der Waals surface area contributed by atoms with E-state index in [-0.39, 0.29) is 48.8 Å². The predicted molar refractivity (Wildman–Crippen MR) is 163 cm³/mol. The Morgan fingerprint density at radius 3 is 2.16 bits per heavy atom. The van der Waals surface area contributed by atoms with E-state index in [1.165, 1.54) is 18.0 Å². The van der Waals surface area contributed by atoms with Crippen molar-refractivity contribution in [3.63, 3.8) is 0 Å². The maximum atomic E-state index is 12.6. The summed E-state index contributed by atoms with van der Waals surface area (Å²) in [6.07, 6.45) is 1.90. The van der Waals surface area contributed by atoms with E-state index in [4.69, 9.17) is 20.3 Å². The fraction of sp³-hybridized carbons (Fsp3) is 0.821. The molecule has 0 spiro atoms. The number of unbranched alkanes of at least 4 members (excludes halogenated alkanes) is 6. The number of anilines is 1. The Balaban J connectivity index is 2.58. The zero-order chi connectivity index (χ0) is 32.9. The standard InChI is InChI=1S/C28H51N5O10S/c1-3-5-7-9-11-24(37)42-16-19(43-25(38)12-10-8-6-4-2)17-44-18-20(29)28(41)30-23-14-33(32-31-23)13-21(35)26(39)27(40)22(36)15-34/h14,19-22,26-27,34-36,39-40H,3-13,15-18,29H2,1-2H3,(H,30,41)/t19-,20-,21+,22-,26+,27-/m1/s1. The molecular formula is C28H51N5O10S. The molecule has 15 nitrogen and oxygen atoms in total. The van der Waals surface area contributed by atoms with Gasteiger partial charge >= 0.3 is 11.9 Å². The number of ether oxygens (including phenoxy) is 2. The normalized spacial score (nSPS) is 15.5. The SMILES string of the molecule is CCCCCCC(=O)OC[C@H](CSC[C@@H](N)C(=O)Nc1cn(C[C@H](O)[C@H](O)[C@H](O)[C@H](O)CO)nn1)OC(=O)CCCCCC. The Kier molecular flexibility index (Phi) is 20.8. The molecule has 0 radical (unpaired) electrons. The van der Waals surface area contributed by atoms with E-state index in [9.17, 15) is 34.8 Å². The monoisotopic (exact) mass is 649 g/mol. The molecule has 0 fully saturated rings. The lowest BCUT2D eigenvalue weighted by atomic mass is 10.0. The lowest BCUT2D eigenvalue weighted by molar-refractivity contribution is -0.157. The lowest BCUT2D eigenvalue weighted by Crippen LogP contribution is -2.47. The van der Waals surface area contributed by atoms with E-state index in [0.717, 1.165) is 49.6 Å². The summed E-state index contributed by atoms with van der Waals surface area (Å²) in [5, 5.41) is 58.1. The molecule has 1 rings (SSSR count). The van der Waals surface area contributed by atoms with Crippen LogP contribution in [0.4, 0.5) is 5.82 Å².